The van der Waals surface area contributed by atoms with Crippen molar-refractivity contribution in [3.8, 4) is 0 Å². The average Bonchev–Trinajstić information content (AvgIpc) is 3.06. The maximum atomic E-state index is 12.4. The summed E-state index contributed by atoms with van der Waals surface area (Å²) in [6.45, 7) is 1.98. The van der Waals surface area contributed by atoms with E-state index < -0.39 is 0 Å². The lowest BCUT2D eigenvalue weighted by atomic mass is 9.95. The molecule has 1 saturated carbocycles. The Hall–Kier alpha value is -2.29. The predicted molar refractivity (Wildman–Crippen MR) is 102 cm³/mol. The van der Waals surface area contributed by atoms with Crippen molar-refractivity contribution in [3.05, 3.63) is 65.2 Å². The molecule has 130 valence electrons. The zero-order valence-corrected chi connectivity index (χ0v) is 14.7. The summed E-state index contributed by atoms with van der Waals surface area (Å²) < 4.78 is 0. The van der Waals surface area contributed by atoms with Gasteiger partial charge in [0.25, 0.3) is 5.91 Å². The van der Waals surface area contributed by atoms with Gasteiger partial charge in [0, 0.05) is 30.4 Å². The number of fused-ring (bicyclic) bond motifs is 1. The van der Waals surface area contributed by atoms with E-state index in [2.05, 4.69) is 46.6 Å². The highest BCUT2D eigenvalue weighted by atomic mass is 16.1. The number of nitrogens with zero attached hydrogens (tertiary/aromatic N) is 1. The quantitative estimate of drug-likeness (QED) is 0.903. The molecular weight excluding hydrogens is 308 g/mol. The number of para-hydroxylation sites is 1. The second kappa shape index (κ2) is 7.30. The summed E-state index contributed by atoms with van der Waals surface area (Å²) in [5, 5.41) is 3.19. The van der Waals surface area contributed by atoms with Crippen molar-refractivity contribution in [2.45, 2.75) is 51.1 Å². The summed E-state index contributed by atoms with van der Waals surface area (Å²) in [4.78, 5) is 14.8. The Morgan fingerprint density at radius 1 is 1.00 bits per heavy atom. The third-order valence-electron chi connectivity index (χ3n) is 5.51. The average molecular weight is 334 g/mol. The van der Waals surface area contributed by atoms with Crippen LogP contribution in [-0.4, -0.2) is 18.5 Å². The van der Waals surface area contributed by atoms with Crippen LogP contribution in [0, 0.1) is 0 Å². The van der Waals surface area contributed by atoms with E-state index in [9.17, 15) is 4.79 Å². The summed E-state index contributed by atoms with van der Waals surface area (Å²) in [6.07, 6.45) is 7.15. The molecule has 1 amide bonds. The molecule has 1 fully saturated rings. The van der Waals surface area contributed by atoms with Crippen LogP contribution < -0.4 is 10.2 Å². The van der Waals surface area contributed by atoms with Crippen LogP contribution in [0.3, 0.4) is 0 Å². The monoisotopic (exact) mass is 334 g/mol. The fourth-order valence-corrected chi connectivity index (χ4v) is 4.07. The number of anilines is 1. The Morgan fingerprint density at radius 3 is 2.56 bits per heavy atom. The van der Waals surface area contributed by atoms with Gasteiger partial charge in [-0.3, -0.25) is 4.79 Å². The van der Waals surface area contributed by atoms with E-state index >= 15 is 0 Å². The summed E-state index contributed by atoms with van der Waals surface area (Å²) >= 11 is 0. The summed E-state index contributed by atoms with van der Waals surface area (Å²) in [7, 11) is 0. The molecule has 2 aromatic carbocycles. The third-order valence-corrected chi connectivity index (χ3v) is 5.51. The van der Waals surface area contributed by atoms with E-state index in [1.807, 2.05) is 12.1 Å². The zero-order chi connectivity index (χ0) is 17.1. The predicted octanol–water partition coefficient (Wildman–Crippen LogP) is 4.31. The second-order valence-electron chi connectivity index (χ2n) is 7.31. The van der Waals surface area contributed by atoms with Crippen LogP contribution >= 0.6 is 0 Å². The summed E-state index contributed by atoms with van der Waals surface area (Å²) in [6, 6.07) is 17.1. The van der Waals surface area contributed by atoms with Gasteiger partial charge < -0.3 is 10.2 Å². The van der Waals surface area contributed by atoms with Gasteiger partial charge >= 0.3 is 0 Å². The molecule has 4 rings (SSSR count). The van der Waals surface area contributed by atoms with Crippen molar-refractivity contribution in [1.29, 1.82) is 0 Å². The zero-order valence-electron chi connectivity index (χ0n) is 14.7. The molecule has 1 heterocycles. The highest BCUT2D eigenvalue weighted by molar-refractivity contribution is 5.94. The van der Waals surface area contributed by atoms with E-state index in [0.29, 0.717) is 6.04 Å². The normalized spacial score (nSPS) is 17.4. The van der Waals surface area contributed by atoms with Gasteiger partial charge in [-0.15, -0.1) is 0 Å². The Balaban J connectivity index is 1.38. The molecular formula is C22H26N2O. The molecule has 2 aliphatic rings. The van der Waals surface area contributed by atoms with Crippen LogP contribution in [0.5, 0.6) is 0 Å². The molecule has 0 spiro atoms. The molecule has 1 aliphatic heterocycles. The highest BCUT2D eigenvalue weighted by Crippen LogP contribution is 2.28. The van der Waals surface area contributed by atoms with Crippen LogP contribution in [0.2, 0.25) is 0 Å². The number of benzene rings is 2. The van der Waals surface area contributed by atoms with Gasteiger partial charge in [-0.25, -0.2) is 0 Å². The molecule has 1 aliphatic carbocycles. The fraction of sp³-hybridized carbons (Fsp3) is 0.409. The number of nitrogens with one attached hydrogen (secondary N) is 1. The fourth-order valence-electron chi connectivity index (χ4n) is 4.07. The number of hydrogen-bond acceptors (Lipinski definition) is 2. The molecule has 0 saturated heterocycles. The lowest BCUT2D eigenvalue weighted by Gasteiger charge is -2.23. The molecule has 2 aromatic rings. The SMILES string of the molecule is O=C(NC1CCCCC1)c1ccc(CN2CCc3ccccc32)cc1. The van der Waals surface area contributed by atoms with Gasteiger partial charge in [0.15, 0.2) is 0 Å². The Morgan fingerprint density at radius 2 is 1.76 bits per heavy atom. The van der Waals surface area contributed by atoms with E-state index in [1.165, 1.54) is 36.1 Å². The van der Waals surface area contributed by atoms with Gasteiger partial charge in [0.1, 0.15) is 0 Å². The van der Waals surface area contributed by atoms with E-state index in [0.717, 1.165) is 37.9 Å². The smallest absolute Gasteiger partial charge is 0.251 e. The first-order valence-electron chi connectivity index (χ1n) is 9.52. The molecule has 25 heavy (non-hydrogen) atoms. The number of carbonyl (C=O) groups is 1. The van der Waals surface area contributed by atoms with Gasteiger partial charge in [-0.05, 0) is 48.6 Å². The van der Waals surface area contributed by atoms with E-state index in [1.54, 1.807) is 0 Å². The van der Waals surface area contributed by atoms with Crippen molar-refractivity contribution in [3.63, 3.8) is 0 Å². The first kappa shape index (κ1) is 16.2. The minimum Gasteiger partial charge on any atom is -0.367 e. The summed E-state index contributed by atoms with van der Waals surface area (Å²) in [5.41, 5.74) is 4.81. The van der Waals surface area contributed by atoms with Gasteiger partial charge in [-0.1, -0.05) is 49.6 Å². The van der Waals surface area contributed by atoms with Crippen LogP contribution in [0.25, 0.3) is 0 Å². The van der Waals surface area contributed by atoms with Crippen molar-refractivity contribution in [2.24, 2.45) is 0 Å². The van der Waals surface area contributed by atoms with E-state index in [-0.39, 0.29) is 5.91 Å². The van der Waals surface area contributed by atoms with Gasteiger partial charge in [0.2, 0.25) is 0 Å². The lowest BCUT2D eigenvalue weighted by molar-refractivity contribution is 0.0927. The number of amides is 1. The Bertz CT molecular complexity index is 732. The topological polar surface area (TPSA) is 32.3 Å². The molecule has 0 atom stereocenters. The van der Waals surface area contributed by atoms with Crippen molar-refractivity contribution >= 4 is 11.6 Å². The minimum absolute atomic E-state index is 0.0740. The molecule has 0 unspecified atom stereocenters. The standard InChI is InChI=1S/C22H26N2O/c25-22(23-20-7-2-1-3-8-20)19-12-10-17(11-13-19)16-24-15-14-18-6-4-5-9-21(18)24/h4-6,9-13,20H,1-3,7-8,14-16H2,(H,23,25). The third kappa shape index (κ3) is 3.71. The van der Waals surface area contributed by atoms with Gasteiger partial charge in [-0.2, -0.15) is 0 Å². The molecule has 0 aromatic heterocycles. The molecule has 3 heteroatoms. The van der Waals surface area contributed by atoms with Crippen molar-refractivity contribution in [1.82, 2.24) is 5.32 Å². The summed E-state index contributed by atoms with van der Waals surface area (Å²) in [5.74, 6) is 0.0740. The maximum Gasteiger partial charge on any atom is 0.251 e. The second-order valence-corrected chi connectivity index (χ2v) is 7.31. The Kier molecular flexibility index (Phi) is 4.73. The van der Waals surface area contributed by atoms with Crippen molar-refractivity contribution in [2.75, 3.05) is 11.4 Å². The van der Waals surface area contributed by atoms with Crippen LogP contribution in [-0.2, 0) is 13.0 Å². The first-order valence-corrected chi connectivity index (χ1v) is 9.52. The van der Waals surface area contributed by atoms with Gasteiger partial charge in [0.05, 0.1) is 0 Å². The maximum absolute atomic E-state index is 12.4. The van der Waals surface area contributed by atoms with Crippen LogP contribution in [0.1, 0.15) is 53.6 Å². The first-order chi connectivity index (χ1) is 12.3. The van der Waals surface area contributed by atoms with E-state index in [4.69, 9.17) is 0 Å². The van der Waals surface area contributed by atoms with Crippen LogP contribution in [0.4, 0.5) is 5.69 Å². The molecule has 3 nitrogen and oxygen atoms in total. The number of rotatable bonds is 4. The van der Waals surface area contributed by atoms with Crippen molar-refractivity contribution < 1.29 is 4.79 Å². The minimum atomic E-state index is 0.0740. The number of carbonyl (C=O) groups excluding carboxylic acids is 1. The molecule has 0 bridgehead atoms. The molecule has 0 radical (unpaired) electrons. The van der Waals surface area contributed by atoms with Crippen LogP contribution in [0.15, 0.2) is 48.5 Å². The molecule has 1 N–H and O–H groups in total. The largest absolute Gasteiger partial charge is 0.367 e. The highest BCUT2D eigenvalue weighted by Gasteiger charge is 2.19. The number of hydrogen-bond donors (Lipinski definition) is 1. The lowest BCUT2D eigenvalue weighted by Crippen LogP contribution is -2.36. The Labute approximate surface area is 150 Å².